The molecule has 116 valence electrons. The van der Waals surface area contributed by atoms with Crippen molar-refractivity contribution in [3.8, 4) is 5.88 Å². The number of thiazole rings is 1. The average Bonchev–Trinajstić information content (AvgIpc) is 3.02. The van der Waals surface area contributed by atoms with Crippen LogP contribution in [0.2, 0.25) is 0 Å². The van der Waals surface area contributed by atoms with Gasteiger partial charge >= 0.3 is 4.87 Å². The van der Waals surface area contributed by atoms with Gasteiger partial charge in [-0.05, 0) is 37.7 Å². The van der Waals surface area contributed by atoms with Gasteiger partial charge in [0.15, 0.2) is 0 Å². The molecule has 1 N–H and O–H groups in total. The minimum Gasteiger partial charge on any atom is -0.494 e. The molecule has 3 aromatic heterocycles. The van der Waals surface area contributed by atoms with Gasteiger partial charge in [-0.15, -0.1) is 11.8 Å². The summed E-state index contributed by atoms with van der Waals surface area (Å²) in [6.45, 7) is 2.57. The lowest BCUT2D eigenvalue weighted by molar-refractivity contribution is 0.409. The summed E-state index contributed by atoms with van der Waals surface area (Å²) in [5.41, 5.74) is 1.98. The zero-order valence-electron chi connectivity index (χ0n) is 12.2. The van der Waals surface area contributed by atoms with Gasteiger partial charge in [-0.25, -0.2) is 4.98 Å². The van der Waals surface area contributed by atoms with Gasteiger partial charge in [0.05, 0.1) is 16.1 Å². The Balaban J connectivity index is 1.53. The van der Waals surface area contributed by atoms with Crippen LogP contribution in [0.4, 0.5) is 0 Å². The molecule has 0 radical (unpaired) electrons. The van der Waals surface area contributed by atoms with Gasteiger partial charge in [0.1, 0.15) is 5.65 Å². The molecular formula is C15H17N3O2S2. The lowest BCUT2D eigenvalue weighted by atomic mass is 10.3. The van der Waals surface area contributed by atoms with Crippen molar-refractivity contribution in [3.63, 3.8) is 0 Å². The molecule has 0 bridgehead atoms. The standard InChI is InChI=1S/C15H17N3O2S2/c1-11-9-18-12(16-11)5-4-6-14(18)21-8-3-2-7-17-13(19)10-22-15(17)20/h4-6,9-10,19H,2-3,7-8H2,1H3. The summed E-state index contributed by atoms with van der Waals surface area (Å²) in [6, 6.07) is 6.11. The monoisotopic (exact) mass is 335 g/mol. The Morgan fingerprint density at radius 3 is 3.00 bits per heavy atom. The number of unbranched alkanes of at least 4 members (excludes halogenated alkanes) is 1. The summed E-state index contributed by atoms with van der Waals surface area (Å²) in [5, 5.41) is 12.2. The Morgan fingerprint density at radius 2 is 2.23 bits per heavy atom. The molecule has 0 aromatic carbocycles. The van der Waals surface area contributed by atoms with Crippen LogP contribution < -0.4 is 4.87 Å². The van der Waals surface area contributed by atoms with Gasteiger partial charge in [-0.2, -0.15) is 0 Å². The molecule has 3 aromatic rings. The van der Waals surface area contributed by atoms with E-state index in [1.165, 1.54) is 15.0 Å². The van der Waals surface area contributed by atoms with Crippen LogP contribution in [0.5, 0.6) is 5.88 Å². The molecule has 0 fully saturated rings. The molecule has 0 spiro atoms. The quantitative estimate of drug-likeness (QED) is 0.555. The Bertz CT molecular complexity index is 835. The molecular weight excluding hydrogens is 318 g/mol. The van der Waals surface area contributed by atoms with E-state index in [2.05, 4.69) is 15.5 Å². The lowest BCUT2D eigenvalue weighted by Crippen LogP contribution is -2.12. The van der Waals surface area contributed by atoms with Crippen LogP contribution >= 0.6 is 23.1 Å². The average molecular weight is 335 g/mol. The number of aromatic hydroxyl groups is 1. The maximum absolute atomic E-state index is 11.5. The molecule has 0 aliphatic heterocycles. The number of aromatic nitrogens is 3. The van der Waals surface area contributed by atoms with Crippen molar-refractivity contribution in [2.24, 2.45) is 0 Å². The zero-order valence-corrected chi connectivity index (χ0v) is 13.9. The Morgan fingerprint density at radius 1 is 1.36 bits per heavy atom. The first-order valence-electron chi connectivity index (χ1n) is 7.10. The Kier molecular flexibility index (Phi) is 4.54. The predicted molar refractivity (Wildman–Crippen MR) is 90.1 cm³/mol. The summed E-state index contributed by atoms with van der Waals surface area (Å²) in [5.74, 6) is 1.04. The van der Waals surface area contributed by atoms with Gasteiger partial charge in [0.25, 0.3) is 0 Å². The van der Waals surface area contributed by atoms with E-state index in [1.54, 1.807) is 11.8 Å². The number of thioether (sulfide) groups is 1. The highest BCUT2D eigenvalue weighted by Gasteiger charge is 2.05. The predicted octanol–water partition coefficient (Wildman–Crippen LogP) is 3.14. The minimum atomic E-state index is -0.0937. The van der Waals surface area contributed by atoms with E-state index in [0.29, 0.717) is 6.54 Å². The summed E-state index contributed by atoms with van der Waals surface area (Å²) in [7, 11) is 0. The summed E-state index contributed by atoms with van der Waals surface area (Å²) in [6.07, 6.45) is 3.90. The van der Waals surface area contributed by atoms with Crippen LogP contribution in [0.15, 0.2) is 39.6 Å². The van der Waals surface area contributed by atoms with Crippen molar-refractivity contribution in [2.75, 3.05) is 5.75 Å². The number of imidazole rings is 1. The van der Waals surface area contributed by atoms with Gasteiger partial charge < -0.3 is 5.11 Å². The van der Waals surface area contributed by atoms with E-state index in [9.17, 15) is 9.90 Å². The third-order valence-electron chi connectivity index (χ3n) is 3.36. The number of hydrogen-bond donors (Lipinski definition) is 1. The molecule has 0 saturated carbocycles. The minimum absolute atomic E-state index is 0.0707. The normalized spacial score (nSPS) is 11.3. The van der Waals surface area contributed by atoms with Crippen LogP contribution in [0.3, 0.4) is 0 Å². The van der Waals surface area contributed by atoms with Crippen molar-refractivity contribution in [1.29, 1.82) is 0 Å². The fourth-order valence-corrected chi connectivity index (χ4v) is 3.97. The van der Waals surface area contributed by atoms with Gasteiger partial charge in [0.2, 0.25) is 5.88 Å². The van der Waals surface area contributed by atoms with E-state index in [-0.39, 0.29) is 10.8 Å². The fourth-order valence-electron chi connectivity index (χ4n) is 2.30. The van der Waals surface area contributed by atoms with Crippen molar-refractivity contribution in [2.45, 2.75) is 31.3 Å². The van der Waals surface area contributed by atoms with Gasteiger partial charge in [-0.1, -0.05) is 17.4 Å². The van der Waals surface area contributed by atoms with E-state index in [4.69, 9.17) is 0 Å². The molecule has 22 heavy (non-hydrogen) atoms. The number of nitrogens with zero attached hydrogens (tertiary/aromatic N) is 3. The van der Waals surface area contributed by atoms with Crippen LogP contribution in [-0.4, -0.2) is 24.8 Å². The maximum Gasteiger partial charge on any atom is 0.309 e. The second-order valence-electron chi connectivity index (χ2n) is 5.04. The molecule has 0 atom stereocenters. The van der Waals surface area contributed by atoms with E-state index in [1.807, 2.05) is 25.3 Å². The second-order valence-corrected chi connectivity index (χ2v) is 6.98. The second kappa shape index (κ2) is 6.58. The molecule has 3 rings (SSSR count). The van der Waals surface area contributed by atoms with E-state index >= 15 is 0 Å². The SMILES string of the molecule is Cc1cn2c(SCCCCn3c(O)csc3=O)cccc2n1. The number of rotatable bonds is 6. The van der Waals surface area contributed by atoms with Crippen molar-refractivity contribution in [3.05, 3.63) is 45.1 Å². The molecule has 0 aliphatic carbocycles. The number of pyridine rings is 1. The fraction of sp³-hybridized carbons (Fsp3) is 0.333. The van der Waals surface area contributed by atoms with Crippen molar-refractivity contribution in [1.82, 2.24) is 14.0 Å². The molecule has 3 heterocycles. The summed E-state index contributed by atoms with van der Waals surface area (Å²) in [4.78, 5) is 15.8. The van der Waals surface area contributed by atoms with Crippen molar-refractivity contribution < 1.29 is 5.11 Å². The third-order valence-corrected chi connectivity index (χ3v) is 5.24. The Hall–Kier alpha value is -1.73. The number of hydrogen-bond acceptors (Lipinski definition) is 5. The smallest absolute Gasteiger partial charge is 0.309 e. The van der Waals surface area contributed by atoms with Crippen LogP contribution in [0.25, 0.3) is 5.65 Å². The highest BCUT2D eigenvalue weighted by atomic mass is 32.2. The first-order chi connectivity index (χ1) is 10.6. The summed E-state index contributed by atoms with van der Waals surface area (Å²) >= 11 is 2.82. The van der Waals surface area contributed by atoms with Gasteiger partial charge in [0, 0.05) is 12.7 Å². The molecule has 0 amide bonds. The van der Waals surface area contributed by atoms with Crippen LogP contribution in [0.1, 0.15) is 18.5 Å². The topological polar surface area (TPSA) is 59.5 Å². The van der Waals surface area contributed by atoms with Crippen LogP contribution in [0, 0.1) is 6.92 Å². The highest BCUT2D eigenvalue weighted by Crippen LogP contribution is 2.21. The lowest BCUT2D eigenvalue weighted by Gasteiger charge is -2.06. The zero-order chi connectivity index (χ0) is 15.5. The molecule has 0 saturated heterocycles. The van der Waals surface area contributed by atoms with E-state index in [0.717, 1.165) is 41.3 Å². The number of aryl methyl sites for hydroxylation is 1. The first kappa shape index (κ1) is 15.2. The third kappa shape index (κ3) is 3.20. The maximum atomic E-state index is 11.5. The van der Waals surface area contributed by atoms with E-state index < -0.39 is 0 Å². The first-order valence-corrected chi connectivity index (χ1v) is 8.96. The highest BCUT2D eigenvalue weighted by molar-refractivity contribution is 7.99. The number of fused-ring (bicyclic) bond motifs is 1. The largest absolute Gasteiger partial charge is 0.494 e. The van der Waals surface area contributed by atoms with Crippen LogP contribution in [-0.2, 0) is 6.54 Å². The molecule has 0 aliphatic rings. The van der Waals surface area contributed by atoms with Gasteiger partial charge in [-0.3, -0.25) is 13.8 Å². The summed E-state index contributed by atoms with van der Waals surface area (Å²) < 4.78 is 3.53. The molecule has 7 heteroatoms. The van der Waals surface area contributed by atoms with Crippen molar-refractivity contribution >= 4 is 28.7 Å². The molecule has 0 unspecified atom stereocenters. The molecule has 5 nitrogen and oxygen atoms in total. The Labute approximate surface area is 136 Å².